The minimum atomic E-state index is -0.544. The first-order valence-corrected chi connectivity index (χ1v) is 11.8. The van der Waals surface area contributed by atoms with Crippen LogP contribution in [0.15, 0.2) is 78.2 Å². The summed E-state index contributed by atoms with van der Waals surface area (Å²) in [5.74, 6) is -0.187. The number of carbonyl (C=O) groups is 1. The van der Waals surface area contributed by atoms with Gasteiger partial charge in [0, 0.05) is 39.3 Å². The van der Waals surface area contributed by atoms with Crippen molar-refractivity contribution < 1.29 is 14.5 Å². The quantitative estimate of drug-likeness (QED) is 0.163. The van der Waals surface area contributed by atoms with Crippen molar-refractivity contribution in [3.05, 3.63) is 104 Å². The maximum Gasteiger partial charge on any atom is 0.270 e. The fourth-order valence-electron chi connectivity index (χ4n) is 3.20. The van der Waals surface area contributed by atoms with E-state index in [-0.39, 0.29) is 29.2 Å². The Labute approximate surface area is 215 Å². The molecule has 1 N–H and O–H groups in total. The van der Waals surface area contributed by atoms with Crippen LogP contribution in [0.5, 0.6) is 5.75 Å². The molecule has 4 rings (SSSR count). The second kappa shape index (κ2) is 11.3. The van der Waals surface area contributed by atoms with Crippen molar-refractivity contribution in [1.29, 1.82) is 5.26 Å². The Morgan fingerprint density at radius 3 is 2.61 bits per heavy atom. The van der Waals surface area contributed by atoms with Crippen molar-refractivity contribution in [2.45, 2.75) is 0 Å². The normalized spacial score (nSPS) is 10.9. The van der Waals surface area contributed by atoms with Crippen LogP contribution < -0.4 is 10.1 Å². The van der Waals surface area contributed by atoms with Gasteiger partial charge >= 0.3 is 0 Å². The molecular weight excluding hydrogens is 500 g/mol. The molecule has 8 nitrogen and oxygen atoms in total. The number of aromatic nitrogens is 1. The molecular formula is C26H17ClN4O4S. The number of halogens is 1. The van der Waals surface area contributed by atoms with Gasteiger partial charge in [-0.15, -0.1) is 11.3 Å². The van der Waals surface area contributed by atoms with Gasteiger partial charge in [0.1, 0.15) is 16.8 Å². The summed E-state index contributed by atoms with van der Waals surface area (Å²) < 4.78 is 5.65. The molecule has 4 aromatic rings. The molecule has 0 unspecified atom stereocenters. The standard InChI is InChI=1S/C26H17ClN4O4S/c27-20-8-6-17(7-9-20)23-16-36-26(30-23)19(14-28)12-18-13-22(31(33)34)10-11-24(18)35-15-25(32)29-21-4-2-1-3-5-21/h1-13,16H,15H2,(H,29,32)/b19-12+. The molecule has 1 heterocycles. The lowest BCUT2D eigenvalue weighted by atomic mass is 10.1. The van der Waals surface area contributed by atoms with Gasteiger partial charge in [-0.3, -0.25) is 14.9 Å². The molecule has 0 saturated heterocycles. The number of carbonyl (C=O) groups excluding carboxylic acids is 1. The molecule has 3 aromatic carbocycles. The predicted molar refractivity (Wildman–Crippen MR) is 140 cm³/mol. The summed E-state index contributed by atoms with van der Waals surface area (Å²) in [7, 11) is 0. The van der Waals surface area contributed by atoms with E-state index in [1.807, 2.05) is 23.6 Å². The van der Waals surface area contributed by atoms with Gasteiger partial charge in [-0.05, 0) is 36.4 Å². The van der Waals surface area contributed by atoms with E-state index in [0.29, 0.717) is 21.4 Å². The van der Waals surface area contributed by atoms with Gasteiger partial charge in [0.05, 0.1) is 16.2 Å². The van der Waals surface area contributed by atoms with Gasteiger partial charge in [0.25, 0.3) is 11.6 Å². The average molecular weight is 517 g/mol. The van der Waals surface area contributed by atoms with Crippen LogP contribution in [0, 0.1) is 21.4 Å². The van der Waals surface area contributed by atoms with Crippen LogP contribution in [0.1, 0.15) is 10.6 Å². The molecule has 0 fully saturated rings. The van der Waals surface area contributed by atoms with Gasteiger partial charge < -0.3 is 10.1 Å². The minimum absolute atomic E-state index is 0.180. The van der Waals surface area contributed by atoms with Crippen molar-refractivity contribution in [2.75, 3.05) is 11.9 Å². The monoisotopic (exact) mass is 516 g/mol. The summed E-state index contributed by atoms with van der Waals surface area (Å²) in [5.41, 5.74) is 2.40. The van der Waals surface area contributed by atoms with Crippen molar-refractivity contribution in [2.24, 2.45) is 0 Å². The molecule has 0 saturated carbocycles. The van der Waals surface area contributed by atoms with Crippen LogP contribution in [0.3, 0.4) is 0 Å². The van der Waals surface area contributed by atoms with Crippen LogP contribution in [-0.4, -0.2) is 22.4 Å². The van der Waals surface area contributed by atoms with E-state index >= 15 is 0 Å². The number of amides is 1. The van der Waals surface area contributed by atoms with Crippen molar-refractivity contribution in [3.63, 3.8) is 0 Å². The number of hydrogen-bond acceptors (Lipinski definition) is 7. The number of nitrogens with zero attached hydrogens (tertiary/aromatic N) is 3. The molecule has 0 bridgehead atoms. The number of nitro benzene ring substituents is 1. The predicted octanol–water partition coefficient (Wildman–Crippen LogP) is 6.45. The molecule has 1 amide bonds. The fourth-order valence-corrected chi connectivity index (χ4v) is 4.12. The van der Waals surface area contributed by atoms with E-state index in [1.54, 1.807) is 36.4 Å². The second-order valence-corrected chi connectivity index (χ2v) is 8.69. The highest BCUT2D eigenvalue weighted by Gasteiger charge is 2.15. The van der Waals surface area contributed by atoms with Gasteiger partial charge in [0.2, 0.25) is 0 Å². The number of hydrogen-bond donors (Lipinski definition) is 1. The molecule has 0 aliphatic heterocycles. The zero-order valence-electron chi connectivity index (χ0n) is 18.6. The van der Waals surface area contributed by atoms with E-state index in [0.717, 1.165) is 5.56 Å². The van der Waals surface area contributed by atoms with Crippen molar-refractivity contribution >= 4 is 51.9 Å². The molecule has 0 aliphatic rings. The van der Waals surface area contributed by atoms with Crippen LogP contribution in [-0.2, 0) is 4.79 Å². The highest BCUT2D eigenvalue weighted by atomic mass is 35.5. The molecule has 10 heteroatoms. The number of anilines is 1. The molecule has 36 heavy (non-hydrogen) atoms. The molecule has 0 atom stereocenters. The van der Waals surface area contributed by atoms with Gasteiger partial charge in [-0.2, -0.15) is 5.26 Å². The van der Waals surface area contributed by atoms with Crippen LogP contribution in [0.2, 0.25) is 5.02 Å². The smallest absolute Gasteiger partial charge is 0.270 e. The minimum Gasteiger partial charge on any atom is -0.483 e. The highest BCUT2D eigenvalue weighted by molar-refractivity contribution is 7.11. The number of non-ortho nitro benzene ring substituents is 1. The summed E-state index contributed by atoms with van der Waals surface area (Å²) in [6, 6.07) is 22.1. The van der Waals surface area contributed by atoms with E-state index in [4.69, 9.17) is 16.3 Å². The molecule has 0 radical (unpaired) electrons. The zero-order chi connectivity index (χ0) is 25.5. The summed E-state index contributed by atoms with van der Waals surface area (Å²) >= 11 is 7.21. The van der Waals surface area contributed by atoms with Crippen molar-refractivity contribution in [1.82, 2.24) is 4.98 Å². The fraction of sp³-hybridized carbons (Fsp3) is 0.0385. The van der Waals surface area contributed by atoms with Crippen LogP contribution in [0.4, 0.5) is 11.4 Å². The third-order valence-corrected chi connectivity index (χ3v) is 6.04. The maximum absolute atomic E-state index is 12.3. The first kappa shape index (κ1) is 24.6. The summed E-state index contributed by atoms with van der Waals surface area (Å²) in [5, 5.41) is 26.7. The number of allylic oxidation sites excluding steroid dienone is 1. The lowest BCUT2D eigenvalue weighted by Crippen LogP contribution is -2.20. The topological polar surface area (TPSA) is 118 Å². The first-order chi connectivity index (χ1) is 17.4. The van der Waals surface area contributed by atoms with Gasteiger partial charge in [0.15, 0.2) is 6.61 Å². The Balaban J connectivity index is 1.60. The number of ether oxygens (including phenoxy) is 1. The maximum atomic E-state index is 12.3. The summed E-state index contributed by atoms with van der Waals surface area (Å²) in [6.45, 7) is -0.326. The Morgan fingerprint density at radius 2 is 1.92 bits per heavy atom. The Hall–Kier alpha value is -4.52. The van der Waals surface area contributed by atoms with Crippen LogP contribution >= 0.6 is 22.9 Å². The van der Waals surface area contributed by atoms with E-state index < -0.39 is 10.8 Å². The number of nitriles is 1. The van der Waals surface area contributed by atoms with Gasteiger partial charge in [-0.25, -0.2) is 4.98 Å². The molecule has 0 spiro atoms. The molecule has 0 aliphatic carbocycles. The molecule has 1 aromatic heterocycles. The first-order valence-electron chi connectivity index (χ1n) is 10.5. The Morgan fingerprint density at radius 1 is 1.17 bits per heavy atom. The third-order valence-electron chi connectivity index (χ3n) is 4.92. The van der Waals surface area contributed by atoms with E-state index in [2.05, 4.69) is 16.4 Å². The van der Waals surface area contributed by atoms with E-state index in [1.165, 1.54) is 35.6 Å². The number of benzene rings is 3. The number of nitrogens with one attached hydrogen (secondary N) is 1. The lowest BCUT2D eigenvalue weighted by Gasteiger charge is -2.10. The number of para-hydroxylation sites is 1. The van der Waals surface area contributed by atoms with Gasteiger partial charge in [-0.1, -0.05) is 41.9 Å². The second-order valence-electron chi connectivity index (χ2n) is 7.40. The molecule has 178 valence electrons. The van der Waals surface area contributed by atoms with Crippen molar-refractivity contribution in [3.8, 4) is 23.1 Å². The average Bonchev–Trinajstić information content (AvgIpc) is 3.37. The Bertz CT molecular complexity index is 1480. The number of thiazole rings is 1. The number of rotatable bonds is 8. The third kappa shape index (κ3) is 6.13. The zero-order valence-corrected chi connectivity index (χ0v) is 20.1. The Kier molecular flexibility index (Phi) is 7.70. The lowest BCUT2D eigenvalue weighted by molar-refractivity contribution is -0.384. The summed E-state index contributed by atoms with van der Waals surface area (Å²) in [6.07, 6.45) is 1.46. The van der Waals surface area contributed by atoms with Crippen LogP contribution in [0.25, 0.3) is 22.9 Å². The van der Waals surface area contributed by atoms with E-state index in [9.17, 15) is 20.2 Å². The largest absolute Gasteiger partial charge is 0.483 e. The number of nitro groups is 1. The SMILES string of the molecule is N#C/C(=C\c1cc([N+](=O)[O-])ccc1OCC(=O)Nc1ccccc1)c1nc(-c2ccc(Cl)cc2)cs1. The highest BCUT2D eigenvalue weighted by Crippen LogP contribution is 2.31. The summed E-state index contributed by atoms with van der Waals surface area (Å²) in [4.78, 5) is 27.6.